The molecule has 1 amide bonds. The van der Waals surface area contributed by atoms with Crippen molar-refractivity contribution in [3.8, 4) is 0 Å². The highest BCUT2D eigenvalue weighted by molar-refractivity contribution is 5.91. The highest BCUT2D eigenvalue weighted by atomic mass is 16.2. The summed E-state index contributed by atoms with van der Waals surface area (Å²) in [6.07, 6.45) is 0. The lowest BCUT2D eigenvalue weighted by Gasteiger charge is -2.08. The lowest BCUT2D eigenvalue weighted by Crippen LogP contribution is -2.29. The van der Waals surface area contributed by atoms with E-state index in [0.717, 1.165) is 10.2 Å². The number of nitrogen functional groups attached to an aromatic ring is 1. The van der Waals surface area contributed by atoms with Crippen LogP contribution in [-0.2, 0) is 11.3 Å². The van der Waals surface area contributed by atoms with E-state index in [1.54, 1.807) is 25.1 Å². The SMILES string of the molecule is Cc1ccc(=O)n(CC(=O)Nc2ccc(C)c(N)c2)n1. The number of amides is 1. The summed E-state index contributed by atoms with van der Waals surface area (Å²) in [5, 5.41) is 6.69. The van der Waals surface area contributed by atoms with Crippen molar-refractivity contribution in [2.24, 2.45) is 0 Å². The molecule has 0 aliphatic carbocycles. The number of carbonyl (C=O) groups is 1. The van der Waals surface area contributed by atoms with E-state index in [2.05, 4.69) is 10.4 Å². The minimum Gasteiger partial charge on any atom is -0.398 e. The first-order valence-corrected chi connectivity index (χ1v) is 6.16. The smallest absolute Gasteiger partial charge is 0.267 e. The van der Waals surface area contributed by atoms with Crippen LogP contribution >= 0.6 is 0 Å². The topological polar surface area (TPSA) is 90.0 Å². The third kappa shape index (κ3) is 3.23. The van der Waals surface area contributed by atoms with Crippen LogP contribution in [0.2, 0.25) is 0 Å². The third-order valence-electron chi connectivity index (χ3n) is 2.86. The van der Waals surface area contributed by atoms with Crippen LogP contribution in [0.4, 0.5) is 11.4 Å². The number of anilines is 2. The van der Waals surface area contributed by atoms with Gasteiger partial charge < -0.3 is 11.1 Å². The van der Waals surface area contributed by atoms with Crippen molar-refractivity contribution in [2.75, 3.05) is 11.1 Å². The average Bonchev–Trinajstić information content (AvgIpc) is 2.38. The van der Waals surface area contributed by atoms with Gasteiger partial charge in [0.1, 0.15) is 6.54 Å². The predicted molar refractivity (Wildman–Crippen MR) is 77.5 cm³/mol. The predicted octanol–water partition coefficient (Wildman–Crippen LogP) is 1.08. The molecule has 0 unspecified atom stereocenters. The van der Waals surface area contributed by atoms with Crippen molar-refractivity contribution in [1.82, 2.24) is 9.78 Å². The summed E-state index contributed by atoms with van der Waals surface area (Å²) in [5.74, 6) is -0.326. The summed E-state index contributed by atoms with van der Waals surface area (Å²) in [6, 6.07) is 8.26. The van der Waals surface area contributed by atoms with Gasteiger partial charge in [-0.3, -0.25) is 9.59 Å². The fourth-order valence-electron chi connectivity index (χ4n) is 1.72. The molecule has 1 heterocycles. The summed E-state index contributed by atoms with van der Waals surface area (Å²) in [7, 11) is 0. The molecule has 0 saturated heterocycles. The van der Waals surface area contributed by atoms with Gasteiger partial charge in [-0.15, -0.1) is 0 Å². The van der Waals surface area contributed by atoms with Gasteiger partial charge in [-0.1, -0.05) is 6.07 Å². The van der Waals surface area contributed by atoms with E-state index >= 15 is 0 Å². The zero-order valence-electron chi connectivity index (χ0n) is 11.4. The van der Waals surface area contributed by atoms with E-state index in [-0.39, 0.29) is 18.0 Å². The van der Waals surface area contributed by atoms with Gasteiger partial charge in [-0.2, -0.15) is 5.10 Å². The van der Waals surface area contributed by atoms with Gasteiger partial charge in [0.05, 0.1) is 5.69 Å². The second-order valence-electron chi connectivity index (χ2n) is 4.59. The molecule has 0 spiro atoms. The monoisotopic (exact) mass is 272 g/mol. The number of nitrogens with zero attached hydrogens (tertiary/aromatic N) is 2. The standard InChI is InChI=1S/C14H16N4O2/c1-9-3-5-11(7-12(9)15)16-13(19)8-18-14(20)6-4-10(2)17-18/h3-7H,8,15H2,1-2H3,(H,16,19). The summed E-state index contributed by atoms with van der Waals surface area (Å²) >= 11 is 0. The Morgan fingerprint density at radius 2 is 2.05 bits per heavy atom. The van der Waals surface area contributed by atoms with Gasteiger partial charge >= 0.3 is 0 Å². The van der Waals surface area contributed by atoms with Gasteiger partial charge in [0, 0.05) is 17.4 Å². The molecular formula is C14H16N4O2. The Morgan fingerprint density at radius 3 is 2.75 bits per heavy atom. The molecule has 1 aromatic heterocycles. The second-order valence-corrected chi connectivity index (χ2v) is 4.59. The number of benzene rings is 1. The maximum Gasteiger partial charge on any atom is 0.267 e. The Balaban J connectivity index is 2.11. The van der Waals surface area contributed by atoms with Crippen molar-refractivity contribution in [3.63, 3.8) is 0 Å². The third-order valence-corrected chi connectivity index (χ3v) is 2.86. The Hall–Kier alpha value is -2.63. The molecule has 0 fully saturated rings. The number of hydrogen-bond donors (Lipinski definition) is 2. The summed E-state index contributed by atoms with van der Waals surface area (Å²) in [4.78, 5) is 23.4. The van der Waals surface area contributed by atoms with E-state index in [1.807, 2.05) is 13.0 Å². The van der Waals surface area contributed by atoms with Gasteiger partial charge in [-0.25, -0.2) is 4.68 Å². The Bertz CT molecular complexity index is 707. The van der Waals surface area contributed by atoms with Crippen LogP contribution in [0.1, 0.15) is 11.3 Å². The number of hydrogen-bond acceptors (Lipinski definition) is 4. The summed E-state index contributed by atoms with van der Waals surface area (Å²) < 4.78 is 1.13. The molecule has 0 atom stereocenters. The molecule has 6 heteroatoms. The van der Waals surface area contributed by atoms with E-state index in [0.29, 0.717) is 17.1 Å². The Labute approximate surface area is 116 Å². The molecule has 2 rings (SSSR count). The van der Waals surface area contributed by atoms with Crippen LogP contribution in [0.15, 0.2) is 35.1 Å². The molecule has 104 valence electrons. The number of rotatable bonds is 3. The van der Waals surface area contributed by atoms with Crippen LogP contribution in [0.3, 0.4) is 0 Å². The maximum atomic E-state index is 11.9. The minimum absolute atomic E-state index is 0.131. The van der Waals surface area contributed by atoms with Gasteiger partial charge in [0.2, 0.25) is 5.91 Å². The Kier molecular flexibility index (Phi) is 3.84. The molecule has 3 N–H and O–H groups in total. The fourth-order valence-corrected chi connectivity index (χ4v) is 1.72. The van der Waals surface area contributed by atoms with Crippen LogP contribution in [0.5, 0.6) is 0 Å². The van der Waals surface area contributed by atoms with Crippen molar-refractivity contribution in [3.05, 3.63) is 51.9 Å². The number of carbonyl (C=O) groups excluding carboxylic acids is 1. The first-order valence-electron chi connectivity index (χ1n) is 6.16. The molecule has 0 aliphatic heterocycles. The molecule has 6 nitrogen and oxygen atoms in total. The average molecular weight is 272 g/mol. The van der Waals surface area contributed by atoms with E-state index < -0.39 is 0 Å². The molecule has 20 heavy (non-hydrogen) atoms. The van der Waals surface area contributed by atoms with E-state index in [4.69, 9.17) is 5.73 Å². The van der Waals surface area contributed by atoms with E-state index in [1.165, 1.54) is 6.07 Å². The fraction of sp³-hybridized carbons (Fsp3) is 0.214. The van der Waals surface area contributed by atoms with Crippen LogP contribution in [0.25, 0.3) is 0 Å². The zero-order valence-corrected chi connectivity index (χ0v) is 11.4. The Morgan fingerprint density at radius 1 is 1.30 bits per heavy atom. The van der Waals surface area contributed by atoms with Crippen molar-refractivity contribution in [2.45, 2.75) is 20.4 Å². The lowest BCUT2D eigenvalue weighted by molar-refractivity contribution is -0.117. The van der Waals surface area contributed by atoms with Crippen molar-refractivity contribution >= 4 is 17.3 Å². The largest absolute Gasteiger partial charge is 0.398 e. The highest BCUT2D eigenvalue weighted by Gasteiger charge is 2.07. The first-order chi connectivity index (χ1) is 9.45. The first kappa shape index (κ1) is 13.8. The molecule has 0 aliphatic rings. The number of nitrogens with one attached hydrogen (secondary N) is 1. The number of nitrogens with two attached hydrogens (primary N) is 1. The molecular weight excluding hydrogens is 256 g/mol. The quantitative estimate of drug-likeness (QED) is 0.818. The maximum absolute atomic E-state index is 11.9. The van der Waals surface area contributed by atoms with Crippen LogP contribution in [-0.4, -0.2) is 15.7 Å². The van der Waals surface area contributed by atoms with Gasteiger partial charge in [0.15, 0.2) is 0 Å². The summed E-state index contributed by atoms with van der Waals surface area (Å²) in [5.41, 5.74) is 8.29. The molecule has 2 aromatic rings. The van der Waals surface area contributed by atoms with Gasteiger partial charge in [0.25, 0.3) is 5.56 Å². The lowest BCUT2D eigenvalue weighted by atomic mass is 10.2. The number of aromatic nitrogens is 2. The minimum atomic E-state index is -0.326. The van der Waals surface area contributed by atoms with Crippen LogP contribution in [0, 0.1) is 13.8 Å². The summed E-state index contributed by atoms with van der Waals surface area (Å²) in [6.45, 7) is 3.51. The number of aryl methyl sites for hydroxylation is 2. The molecule has 0 bridgehead atoms. The molecule has 0 saturated carbocycles. The van der Waals surface area contributed by atoms with Crippen molar-refractivity contribution < 1.29 is 4.79 Å². The van der Waals surface area contributed by atoms with Crippen LogP contribution < -0.4 is 16.6 Å². The molecule has 0 radical (unpaired) electrons. The van der Waals surface area contributed by atoms with Gasteiger partial charge in [-0.05, 0) is 37.6 Å². The zero-order chi connectivity index (χ0) is 14.7. The van der Waals surface area contributed by atoms with Crippen molar-refractivity contribution in [1.29, 1.82) is 0 Å². The second kappa shape index (κ2) is 5.56. The highest BCUT2D eigenvalue weighted by Crippen LogP contribution is 2.16. The molecule has 1 aromatic carbocycles. The normalized spacial score (nSPS) is 10.3. The van der Waals surface area contributed by atoms with E-state index in [9.17, 15) is 9.59 Å².